The third-order valence-electron chi connectivity index (χ3n) is 5.07. The molecular formula is C25H22N2O3. The van der Waals surface area contributed by atoms with Crippen LogP contribution < -0.4 is 10.9 Å². The summed E-state index contributed by atoms with van der Waals surface area (Å²) in [5.41, 5.74) is 1.38. The van der Waals surface area contributed by atoms with Gasteiger partial charge in [0.15, 0.2) is 0 Å². The zero-order valence-electron chi connectivity index (χ0n) is 16.4. The van der Waals surface area contributed by atoms with Crippen LogP contribution in [0, 0.1) is 0 Å². The number of carbonyl (C=O) groups is 1. The van der Waals surface area contributed by atoms with Crippen LogP contribution in [0.3, 0.4) is 0 Å². The summed E-state index contributed by atoms with van der Waals surface area (Å²) in [6, 6.07) is 26.3. The number of fused-ring (bicyclic) bond motifs is 1. The highest BCUT2D eigenvalue weighted by atomic mass is 16.3. The summed E-state index contributed by atoms with van der Waals surface area (Å²) >= 11 is 0. The largest absolute Gasteiger partial charge is 0.387 e. The van der Waals surface area contributed by atoms with Crippen LogP contribution in [0.2, 0.25) is 0 Å². The Hall–Kier alpha value is -3.70. The molecule has 0 radical (unpaired) electrons. The third kappa shape index (κ3) is 4.31. The molecule has 0 aliphatic heterocycles. The zero-order valence-corrected chi connectivity index (χ0v) is 16.4. The first kappa shape index (κ1) is 19.6. The van der Waals surface area contributed by atoms with Gasteiger partial charge in [0.2, 0.25) is 0 Å². The predicted molar refractivity (Wildman–Crippen MR) is 117 cm³/mol. The molecule has 1 aromatic heterocycles. The van der Waals surface area contributed by atoms with Crippen LogP contribution in [0.4, 0.5) is 0 Å². The number of aliphatic hydroxyl groups excluding tert-OH is 1. The fourth-order valence-corrected chi connectivity index (χ4v) is 3.43. The first-order valence-corrected chi connectivity index (χ1v) is 9.80. The molecule has 0 bridgehead atoms. The number of rotatable bonds is 6. The minimum Gasteiger partial charge on any atom is -0.387 e. The van der Waals surface area contributed by atoms with E-state index < -0.39 is 12.0 Å². The molecule has 0 aliphatic carbocycles. The fraction of sp³-hybridized carbons (Fsp3) is 0.120. The molecular weight excluding hydrogens is 376 g/mol. The van der Waals surface area contributed by atoms with Gasteiger partial charge in [0.25, 0.3) is 11.5 Å². The van der Waals surface area contributed by atoms with Crippen molar-refractivity contribution in [2.24, 2.45) is 0 Å². The van der Waals surface area contributed by atoms with E-state index in [1.54, 1.807) is 12.3 Å². The monoisotopic (exact) mass is 398 g/mol. The van der Waals surface area contributed by atoms with E-state index in [1.165, 1.54) is 10.6 Å². The van der Waals surface area contributed by atoms with Crippen molar-refractivity contribution in [3.63, 3.8) is 0 Å². The van der Waals surface area contributed by atoms with Crippen LogP contribution in [0.25, 0.3) is 10.8 Å². The van der Waals surface area contributed by atoms with Crippen LogP contribution in [0.15, 0.2) is 95.9 Å². The highest BCUT2D eigenvalue weighted by Crippen LogP contribution is 2.20. The molecule has 0 aliphatic rings. The van der Waals surface area contributed by atoms with Crippen molar-refractivity contribution in [2.45, 2.75) is 12.6 Å². The maximum absolute atomic E-state index is 12.7. The summed E-state index contributed by atoms with van der Waals surface area (Å²) in [7, 11) is 0. The van der Waals surface area contributed by atoms with Gasteiger partial charge in [-0.05, 0) is 40.1 Å². The molecule has 1 unspecified atom stereocenters. The molecule has 4 aromatic rings. The van der Waals surface area contributed by atoms with Crippen molar-refractivity contribution in [1.82, 2.24) is 9.88 Å². The number of amides is 1. The molecule has 2 N–H and O–H groups in total. The van der Waals surface area contributed by atoms with E-state index in [4.69, 9.17) is 0 Å². The highest BCUT2D eigenvalue weighted by Gasteiger charge is 2.15. The Labute approximate surface area is 174 Å². The van der Waals surface area contributed by atoms with Gasteiger partial charge < -0.3 is 15.0 Å². The van der Waals surface area contributed by atoms with Crippen molar-refractivity contribution >= 4 is 16.7 Å². The highest BCUT2D eigenvalue weighted by molar-refractivity contribution is 5.93. The number of hydrogen-bond acceptors (Lipinski definition) is 3. The van der Waals surface area contributed by atoms with Gasteiger partial charge in [0.05, 0.1) is 12.6 Å². The lowest BCUT2D eigenvalue weighted by atomic mass is 10.0. The Morgan fingerprint density at radius 2 is 1.63 bits per heavy atom. The van der Waals surface area contributed by atoms with Crippen molar-refractivity contribution in [3.05, 3.63) is 118 Å². The van der Waals surface area contributed by atoms with Gasteiger partial charge in [-0.2, -0.15) is 0 Å². The lowest BCUT2D eigenvalue weighted by Crippen LogP contribution is -2.35. The summed E-state index contributed by atoms with van der Waals surface area (Å²) in [6.07, 6.45) is 0.796. The zero-order chi connectivity index (χ0) is 20.9. The number of nitrogens with one attached hydrogen (secondary N) is 1. The second kappa shape index (κ2) is 8.76. The molecule has 0 saturated carbocycles. The van der Waals surface area contributed by atoms with Crippen LogP contribution >= 0.6 is 0 Å². The van der Waals surface area contributed by atoms with Gasteiger partial charge in [0.1, 0.15) is 5.56 Å². The minimum absolute atomic E-state index is 0.0180. The second-order valence-electron chi connectivity index (χ2n) is 7.17. The Kier molecular flexibility index (Phi) is 5.72. The number of pyridine rings is 1. The number of carbonyl (C=O) groups excluding carboxylic acids is 1. The molecule has 5 heteroatoms. The van der Waals surface area contributed by atoms with Gasteiger partial charge in [-0.3, -0.25) is 9.59 Å². The Morgan fingerprint density at radius 3 is 2.43 bits per heavy atom. The number of aromatic nitrogens is 1. The Balaban J connectivity index is 1.45. The first-order valence-electron chi connectivity index (χ1n) is 9.80. The molecule has 1 amide bonds. The number of hydrogen-bond donors (Lipinski definition) is 2. The van der Waals surface area contributed by atoms with E-state index in [0.717, 1.165) is 16.3 Å². The molecule has 30 heavy (non-hydrogen) atoms. The average molecular weight is 398 g/mol. The third-order valence-corrected chi connectivity index (χ3v) is 5.07. The molecule has 4 rings (SSSR count). The van der Waals surface area contributed by atoms with E-state index in [-0.39, 0.29) is 17.7 Å². The maximum atomic E-state index is 12.7. The van der Waals surface area contributed by atoms with Crippen molar-refractivity contribution < 1.29 is 9.90 Å². The minimum atomic E-state index is -0.867. The fourth-order valence-electron chi connectivity index (χ4n) is 3.43. The molecule has 0 fully saturated rings. The lowest BCUT2D eigenvalue weighted by molar-refractivity contribution is 0.0914. The van der Waals surface area contributed by atoms with Gasteiger partial charge >= 0.3 is 0 Å². The molecule has 0 saturated heterocycles. The normalized spacial score (nSPS) is 11.9. The molecule has 150 valence electrons. The molecule has 0 spiro atoms. The summed E-state index contributed by atoms with van der Waals surface area (Å²) in [5.74, 6) is -0.498. The predicted octanol–water partition coefficient (Wildman–Crippen LogP) is 3.51. The summed E-state index contributed by atoms with van der Waals surface area (Å²) < 4.78 is 1.50. The number of nitrogens with zero attached hydrogens (tertiary/aromatic N) is 1. The van der Waals surface area contributed by atoms with Crippen LogP contribution in [0.1, 0.15) is 27.6 Å². The van der Waals surface area contributed by atoms with Crippen LogP contribution in [-0.4, -0.2) is 22.1 Å². The van der Waals surface area contributed by atoms with Crippen LogP contribution in [0.5, 0.6) is 0 Å². The molecule has 5 nitrogen and oxygen atoms in total. The lowest BCUT2D eigenvalue weighted by Gasteiger charge is -2.14. The van der Waals surface area contributed by atoms with Crippen molar-refractivity contribution in [1.29, 1.82) is 0 Å². The van der Waals surface area contributed by atoms with Crippen molar-refractivity contribution in [3.8, 4) is 0 Å². The molecule has 1 atom stereocenters. The summed E-state index contributed by atoms with van der Waals surface area (Å²) in [4.78, 5) is 25.3. The number of aliphatic hydroxyl groups is 1. The standard InChI is InChI=1S/C25H22N2O3/c28-23(21-13-12-19-9-4-5-10-20(19)15-21)16-26-24(29)22-11-6-14-27(25(22)30)17-18-7-2-1-3-8-18/h1-15,23,28H,16-17H2,(H,26,29). The second-order valence-corrected chi connectivity index (χ2v) is 7.17. The summed E-state index contributed by atoms with van der Waals surface area (Å²) in [5, 5.41) is 15.3. The van der Waals surface area contributed by atoms with E-state index in [0.29, 0.717) is 12.1 Å². The Morgan fingerprint density at radius 1 is 0.900 bits per heavy atom. The molecule has 3 aromatic carbocycles. The van der Waals surface area contributed by atoms with E-state index in [2.05, 4.69) is 5.32 Å². The molecule has 1 heterocycles. The van der Waals surface area contributed by atoms with Gasteiger partial charge in [-0.25, -0.2) is 0 Å². The quantitative estimate of drug-likeness (QED) is 0.522. The average Bonchev–Trinajstić information content (AvgIpc) is 2.79. The van der Waals surface area contributed by atoms with Crippen LogP contribution in [-0.2, 0) is 6.54 Å². The first-order chi connectivity index (χ1) is 14.6. The van der Waals surface area contributed by atoms with Gasteiger partial charge in [-0.15, -0.1) is 0 Å². The number of benzene rings is 3. The topological polar surface area (TPSA) is 71.3 Å². The van der Waals surface area contributed by atoms with Crippen molar-refractivity contribution in [2.75, 3.05) is 6.54 Å². The van der Waals surface area contributed by atoms with E-state index in [9.17, 15) is 14.7 Å². The van der Waals surface area contributed by atoms with Gasteiger partial charge in [0, 0.05) is 12.7 Å². The Bertz CT molecular complexity index is 1230. The smallest absolute Gasteiger partial charge is 0.263 e. The maximum Gasteiger partial charge on any atom is 0.263 e. The van der Waals surface area contributed by atoms with E-state index >= 15 is 0 Å². The summed E-state index contributed by atoms with van der Waals surface area (Å²) in [6.45, 7) is 0.407. The van der Waals surface area contributed by atoms with E-state index in [1.807, 2.05) is 72.8 Å². The van der Waals surface area contributed by atoms with Gasteiger partial charge in [-0.1, -0.05) is 66.7 Å². The SMILES string of the molecule is O=C(NCC(O)c1ccc2ccccc2c1)c1cccn(Cc2ccccc2)c1=O.